The first-order valence-electron chi connectivity index (χ1n) is 6.47. The highest BCUT2D eigenvalue weighted by atomic mass is 79.9. The van der Waals surface area contributed by atoms with Crippen molar-refractivity contribution in [2.75, 3.05) is 12.0 Å². The van der Waals surface area contributed by atoms with E-state index in [0.717, 1.165) is 14.9 Å². The summed E-state index contributed by atoms with van der Waals surface area (Å²) < 4.78 is 29.3. The fraction of sp³-hybridized carbons (Fsp3) is 0.615. The predicted molar refractivity (Wildman–Crippen MR) is 88.4 cm³/mol. The average Bonchev–Trinajstić information content (AvgIpc) is 2.68. The summed E-state index contributed by atoms with van der Waals surface area (Å²) in [6.45, 7) is 4.08. The number of hydrogen-bond acceptors (Lipinski definition) is 5. The van der Waals surface area contributed by atoms with Crippen LogP contribution >= 0.6 is 27.3 Å². The number of ether oxygens (including phenoxy) is 1. The Labute approximate surface area is 137 Å². The average molecular weight is 398 g/mol. The summed E-state index contributed by atoms with van der Waals surface area (Å²) in [5, 5.41) is 0. The highest BCUT2D eigenvalue weighted by Crippen LogP contribution is 2.36. The van der Waals surface area contributed by atoms with Gasteiger partial charge in [-0.3, -0.25) is 0 Å². The first-order valence-corrected chi connectivity index (χ1v) is 10.1. The van der Waals surface area contributed by atoms with E-state index in [0.29, 0.717) is 12.3 Å². The molecule has 8 heteroatoms. The molecular formula is C13H20BrNO4S2. The van der Waals surface area contributed by atoms with Gasteiger partial charge in [0.05, 0.1) is 9.54 Å². The second-order valence-corrected chi connectivity index (χ2v) is 10.1. The molecule has 1 rings (SSSR count). The van der Waals surface area contributed by atoms with Crippen LogP contribution in [0.4, 0.5) is 4.79 Å². The lowest BCUT2D eigenvalue weighted by atomic mass is 9.91. The van der Waals surface area contributed by atoms with Crippen molar-refractivity contribution in [3.63, 3.8) is 0 Å². The normalized spacial score (nSPS) is 14.9. The van der Waals surface area contributed by atoms with Crippen molar-refractivity contribution in [3.05, 3.63) is 20.8 Å². The summed E-state index contributed by atoms with van der Waals surface area (Å²) in [7, 11) is -3.29. The van der Waals surface area contributed by atoms with Crippen LogP contribution in [0, 0.1) is 5.92 Å². The van der Waals surface area contributed by atoms with Gasteiger partial charge in [-0.1, -0.05) is 13.8 Å². The van der Waals surface area contributed by atoms with E-state index in [9.17, 15) is 13.2 Å². The number of hydrogen-bond donors (Lipinski definition) is 1. The minimum atomic E-state index is -3.29. The molecule has 120 valence electrons. The van der Waals surface area contributed by atoms with Gasteiger partial charge in [-0.15, -0.1) is 11.3 Å². The van der Waals surface area contributed by atoms with Crippen LogP contribution in [-0.2, 0) is 14.6 Å². The third-order valence-corrected chi connectivity index (χ3v) is 5.56. The zero-order chi connectivity index (χ0) is 16.2. The number of halogens is 1. The Hall–Kier alpha value is -0.600. The maximum Gasteiger partial charge on any atom is 0.404 e. The first-order chi connectivity index (χ1) is 9.58. The van der Waals surface area contributed by atoms with E-state index in [4.69, 9.17) is 10.5 Å². The molecular weight excluding hydrogens is 378 g/mol. The van der Waals surface area contributed by atoms with Crippen LogP contribution in [0.3, 0.4) is 0 Å². The molecule has 0 aliphatic rings. The summed E-state index contributed by atoms with van der Waals surface area (Å²) in [6.07, 6.45) is 0.111. The molecule has 0 aromatic carbocycles. The fourth-order valence-corrected chi connectivity index (χ4v) is 4.65. The van der Waals surface area contributed by atoms with E-state index in [2.05, 4.69) is 15.9 Å². The monoisotopic (exact) mass is 397 g/mol. The van der Waals surface area contributed by atoms with E-state index >= 15 is 0 Å². The Kier molecular flexibility index (Phi) is 6.68. The van der Waals surface area contributed by atoms with Crippen LogP contribution in [-0.4, -0.2) is 32.6 Å². The SMILES string of the molecule is CC(C)CC(c1ccc(Br)s1)C(CS(C)(=O)=O)OC(N)=O. The molecule has 2 unspecified atom stereocenters. The van der Waals surface area contributed by atoms with Crippen LogP contribution in [0.5, 0.6) is 0 Å². The summed E-state index contributed by atoms with van der Waals surface area (Å²) in [5.74, 6) is -0.0963. The summed E-state index contributed by atoms with van der Waals surface area (Å²) in [4.78, 5) is 12.1. The Morgan fingerprint density at radius 1 is 1.43 bits per heavy atom. The van der Waals surface area contributed by atoms with Gasteiger partial charge in [0.25, 0.3) is 0 Å². The molecule has 1 heterocycles. The van der Waals surface area contributed by atoms with Gasteiger partial charge in [0, 0.05) is 17.1 Å². The predicted octanol–water partition coefficient (Wildman–Crippen LogP) is 3.15. The van der Waals surface area contributed by atoms with Gasteiger partial charge < -0.3 is 10.5 Å². The third kappa shape index (κ3) is 6.80. The number of amides is 1. The standard InChI is InChI=1S/C13H20BrNO4S2/c1-8(2)6-9(11-4-5-12(14)20-11)10(19-13(15)16)7-21(3,17)18/h4-5,8-10H,6-7H2,1-3H3,(H2,15,16). The van der Waals surface area contributed by atoms with Crippen molar-refractivity contribution in [1.29, 1.82) is 0 Å². The first kappa shape index (κ1) is 18.4. The lowest BCUT2D eigenvalue weighted by Gasteiger charge is -2.26. The molecule has 0 spiro atoms. The summed E-state index contributed by atoms with van der Waals surface area (Å²) in [5.41, 5.74) is 5.10. The minimum absolute atomic E-state index is 0.191. The van der Waals surface area contributed by atoms with Crippen molar-refractivity contribution in [3.8, 4) is 0 Å². The van der Waals surface area contributed by atoms with Crippen molar-refractivity contribution in [2.24, 2.45) is 11.7 Å². The van der Waals surface area contributed by atoms with Crippen LogP contribution < -0.4 is 5.73 Å². The smallest absolute Gasteiger partial charge is 0.404 e. The van der Waals surface area contributed by atoms with E-state index in [1.165, 1.54) is 11.3 Å². The van der Waals surface area contributed by atoms with Crippen LogP contribution in [0.2, 0.25) is 0 Å². The van der Waals surface area contributed by atoms with Crippen molar-refractivity contribution in [1.82, 2.24) is 0 Å². The molecule has 0 bridgehead atoms. The number of rotatable bonds is 7. The van der Waals surface area contributed by atoms with E-state index in [1.807, 2.05) is 26.0 Å². The fourth-order valence-electron chi connectivity index (χ4n) is 2.17. The zero-order valence-electron chi connectivity index (χ0n) is 12.2. The van der Waals surface area contributed by atoms with Gasteiger partial charge in [-0.25, -0.2) is 13.2 Å². The Morgan fingerprint density at radius 3 is 2.43 bits per heavy atom. The van der Waals surface area contributed by atoms with Crippen molar-refractivity contribution >= 4 is 43.2 Å². The van der Waals surface area contributed by atoms with E-state index in [-0.39, 0.29) is 11.7 Å². The topological polar surface area (TPSA) is 86.5 Å². The minimum Gasteiger partial charge on any atom is -0.445 e. The number of primary amides is 1. The number of sulfone groups is 1. The molecule has 1 aromatic rings. The molecule has 0 fully saturated rings. The largest absolute Gasteiger partial charge is 0.445 e. The van der Waals surface area contributed by atoms with Gasteiger partial charge in [-0.05, 0) is 40.4 Å². The van der Waals surface area contributed by atoms with E-state index < -0.39 is 22.0 Å². The quantitative estimate of drug-likeness (QED) is 0.765. The second kappa shape index (κ2) is 7.60. The van der Waals surface area contributed by atoms with Gasteiger partial charge in [0.1, 0.15) is 6.10 Å². The van der Waals surface area contributed by atoms with Crippen molar-refractivity contribution < 1.29 is 17.9 Å². The number of carbonyl (C=O) groups is 1. The lowest BCUT2D eigenvalue weighted by Crippen LogP contribution is -2.34. The number of carbonyl (C=O) groups excluding carboxylic acids is 1. The molecule has 21 heavy (non-hydrogen) atoms. The molecule has 0 saturated heterocycles. The van der Waals surface area contributed by atoms with Crippen LogP contribution in [0.15, 0.2) is 15.9 Å². The molecule has 0 aliphatic heterocycles. The van der Waals surface area contributed by atoms with Gasteiger partial charge in [-0.2, -0.15) is 0 Å². The molecule has 0 aliphatic carbocycles. The Bertz CT molecular complexity index is 583. The molecule has 2 N–H and O–H groups in total. The highest BCUT2D eigenvalue weighted by molar-refractivity contribution is 9.11. The molecule has 0 saturated carbocycles. The van der Waals surface area contributed by atoms with Crippen LogP contribution in [0.25, 0.3) is 0 Å². The van der Waals surface area contributed by atoms with Crippen molar-refractivity contribution in [2.45, 2.75) is 32.3 Å². The Balaban J connectivity index is 3.12. The number of thiophene rings is 1. The molecule has 2 atom stereocenters. The van der Waals surface area contributed by atoms with E-state index in [1.54, 1.807) is 0 Å². The lowest BCUT2D eigenvalue weighted by molar-refractivity contribution is 0.0973. The summed E-state index contributed by atoms with van der Waals surface area (Å²) in [6, 6.07) is 3.82. The maximum atomic E-state index is 11.6. The maximum absolute atomic E-state index is 11.6. The zero-order valence-corrected chi connectivity index (χ0v) is 15.4. The second-order valence-electron chi connectivity index (χ2n) is 5.45. The van der Waals surface area contributed by atoms with Gasteiger partial charge >= 0.3 is 6.09 Å². The molecule has 5 nitrogen and oxygen atoms in total. The number of nitrogens with two attached hydrogens (primary N) is 1. The highest BCUT2D eigenvalue weighted by Gasteiger charge is 2.31. The molecule has 1 amide bonds. The Morgan fingerprint density at radius 2 is 2.05 bits per heavy atom. The molecule has 1 aromatic heterocycles. The van der Waals surface area contributed by atoms with Gasteiger partial charge in [0.15, 0.2) is 9.84 Å². The van der Waals surface area contributed by atoms with Gasteiger partial charge in [0.2, 0.25) is 0 Å². The van der Waals surface area contributed by atoms with Crippen LogP contribution in [0.1, 0.15) is 31.1 Å². The third-order valence-electron chi connectivity index (χ3n) is 2.87. The summed E-state index contributed by atoms with van der Waals surface area (Å²) >= 11 is 4.90. The molecule has 0 radical (unpaired) electrons.